The number of carbonyl (C=O) groups is 1. The SMILES string of the molecule is O=C(Cn1cnc(S(=O)(=O)Cl)c1)N1CCOCC1. The molecule has 1 aliphatic rings. The summed E-state index contributed by atoms with van der Waals surface area (Å²) >= 11 is 0. The Morgan fingerprint density at radius 2 is 2.11 bits per heavy atom. The Kier molecular flexibility index (Phi) is 3.88. The first kappa shape index (κ1) is 13.3. The van der Waals surface area contributed by atoms with Crippen molar-refractivity contribution in [2.45, 2.75) is 11.6 Å². The van der Waals surface area contributed by atoms with Crippen LogP contribution in [0.3, 0.4) is 0 Å². The van der Waals surface area contributed by atoms with Gasteiger partial charge in [-0.3, -0.25) is 4.79 Å². The van der Waals surface area contributed by atoms with Crippen molar-refractivity contribution in [1.29, 1.82) is 0 Å². The lowest BCUT2D eigenvalue weighted by molar-refractivity contribution is -0.135. The first-order valence-corrected chi connectivity index (χ1v) is 7.60. The maximum absolute atomic E-state index is 11.9. The number of ether oxygens (including phenoxy) is 1. The number of morpholine rings is 1. The van der Waals surface area contributed by atoms with Gasteiger partial charge in [-0.1, -0.05) is 0 Å². The fraction of sp³-hybridized carbons (Fsp3) is 0.556. The molecule has 1 amide bonds. The number of hydrogen-bond acceptors (Lipinski definition) is 5. The fourth-order valence-electron chi connectivity index (χ4n) is 1.62. The van der Waals surface area contributed by atoms with Gasteiger partial charge < -0.3 is 14.2 Å². The third-order valence-electron chi connectivity index (χ3n) is 2.54. The quantitative estimate of drug-likeness (QED) is 0.713. The zero-order chi connectivity index (χ0) is 13.2. The minimum absolute atomic E-state index is 0.0411. The first-order valence-electron chi connectivity index (χ1n) is 5.29. The van der Waals surface area contributed by atoms with Crippen LogP contribution in [0.15, 0.2) is 17.6 Å². The number of amides is 1. The van der Waals surface area contributed by atoms with Gasteiger partial charge in [-0.15, -0.1) is 0 Å². The normalized spacial score (nSPS) is 16.8. The van der Waals surface area contributed by atoms with Gasteiger partial charge in [0.05, 0.1) is 19.5 Å². The maximum Gasteiger partial charge on any atom is 0.280 e. The molecule has 0 unspecified atom stereocenters. The Bertz CT molecular complexity index is 536. The third-order valence-corrected chi connectivity index (χ3v) is 3.73. The lowest BCUT2D eigenvalue weighted by Gasteiger charge is -2.26. The molecule has 18 heavy (non-hydrogen) atoms. The van der Waals surface area contributed by atoms with E-state index in [-0.39, 0.29) is 17.5 Å². The molecule has 0 atom stereocenters. The smallest absolute Gasteiger partial charge is 0.280 e. The van der Waals surface area contributed by atoms with Gasteiger partial charge in [0, 0.05) is 30.0 Å². The second-order valence-electron chi connectivity index (χ2n) is 3.82. The summed E-state index contributed by atoms with van der Waals surface area (Å²) in [6.45, 7) is 2.19. The summed E-state index contributed by atoms with van der Waals surface area (Å²) in [7, 11) is 1.29. The lowest BCUT2D eigenvalue weighted by atomic mass is 10.4. The Morgan fingerprint density at radius 1 is 1.44 bits per heavy atom. The van der Waals surface area contributed by atoms with Gasteiger partial charge in [0.2, 0.25) is 5.91 Å². The van der Waals surface area contributed by atoms with E-state index in [4.69, 9.17) is 15.4 Å². The zero-order valence-corrected chi connectivity index (χ0v) is 11.0. The predicted octanol–water partition coefficient (Wildman–Crippen LogP) is -0.331. The lowest BCUT2D eigenvalue weighted by Crippen LogP contribution is -2.42. The number of rotatable bonds is 3. The van der Waals surface area contributed by atoms with Crippen molar-refractivity contribution in [2.24, 2.45) is 0 Å². The van der Waals surface area contributed by atoms with Crippen LogP contribution in [0.2, 0.25) is 0 Å². The predicted molar refractivity (Wildman–Crippen MR) is 62.7 cm³/mol. The van der Waals surface area contributed by atoms with E-state index in [1.165, 1.54) is 17.1 Å². The van der Waals surface area contributed by atoms with Crippen LogP contribution < -0.4 is 0 Å². The second kappa shape index (κ2) is 5.25. The standard InChI is InChI=1S/C9H12ClN3O4S/c10-18(15,16)8-5-12(7-11-8)6-9(14)13-1-3-17-4-2-13/h5,7H,1-4,6H2. The summed E-state index contributed by atoms with van der Waals surface area (Å²) in [5.74, 6) is -0.103. The molecule has 9 heteroatoms. The minimum Gasteiger partial charge on any atom is -0.378 e. The number of halogens is 1. The highest BCUT2D eigenvalue weighted by Gasteiger charge is 2.19. The van der Waals surface area contributed by atoms with E-state index in [9.17, 15) is 13.2 Å². The highest BCUT2D eigenvalue weighted by atomic mass is 35.7. The number of imidazole rings is 1. The molecule has 1 fully saturated rings. The summed E-state index contributed by atoms with van der Waals surface area (Å²) in [6, 6.07) is 0. The Labute approximate surface area is 109 Å². The van der Waals surface area contributed by atoms with Crippen LogP contribution in [-0.4, -0.2) is 55.1 Å². The van der Waals surface area contributed by atoms with Crippen molar-refractivity contribution >= 4 is 25.6 Å². The van der Waals surface area contributed by atoms with Crippen molar-refractivity contribution in [2.75, 3.05) is 26.3 Å². The average Bonchev–Trinajstić information content (AvgIpc) is 2.78. The molecule has 0 N–H and O–H groups in total. The Hall–Kier alpha value is -1.12. The largest absolute Gasteiger partial charge is 0.378 e. The molecule has 1 aromatic rings. The van der Waals surface area contributed by atoms with Crippen molar-refractivity contribution in [1.82, 2.24) is 14.5 Å². The van der Waals surface area contributed by atoms with Crippen LogP contribution in [0.5, 0.6) is 0 Å². The van der Waals surface area contributed by atoms with Crippen LogP contribution >= 0.6 is 10.7 Å². The molecule has 0 saturated carbocycles. The monoisotopic (exact) mass is 293 g/mol. The van der Waals surface area contributed by atoms with E-state index in [0.29, 0.717) is 26.3 Å². The number of aromatic nitrogens is 2. The zero-order valence-electron chi connectivity index (χ0n) is 9.45. The van der Waals surface area contributed by atoms with Crippen molar-refractivity contribution in [3.05, 3.63) is 12.5 Å². The highest BCUT2D eigenvalue weighted by molar-refractivity contribution is 8.13. The molecule has 0 bridgehead atoms. The molecule has 0 spiro atoms. The second-order valence-corrected chi connectivity index (χ2v) is 6.33. The molecular formula is C9H12ClN3O4S. The summed E-state index contributed by atoms with van der Waals surface area (Å²) < 4.78 is 28.6. The highest BCUT2D eigenvalue weighted by Crippen LogP contribution is 2.11. The van der Waals surface area contributed by atoms with Gasteiger partial charge in [-0.25, -0.2) is 13.4 Å². The molecule has 1 saturated heterocycles. The van der Waals surface area contributed by atoms with Gasteiger partial charge in [0.1, 0.15) is 6.54 Å². The molecule has 0 radical (unpaired) electrons. The van der Waals surface area contributed by atoms with Crippen LogP contribution in [-0.2, 0) is 25.1 Å². The maximum atomic E-state index is 11.9. The van der Waals surface area contributed by atoms with E-state index in [1.807, 2.05) is 0 Å². The molecule has 7 nitrogen and oxygen atoms in total. The molecular weight excluding hydrogens is 282 g/mol. The van der Waals surface area contributed by atoms with Gasteiger partial charge in [0.15, 0.2) is 5.03 Å². The number of hydrogen-bond donors (Lipinski definition) is 0. The minimum atomic E-state index is -3.85. The molecule has 0 aliphatic carbocycles. The Morgan fingerprint density at radius 3 is 2.67 bits per heavy atom. The van der Waals surface area contributed by atoms with Crippen LogP contribution in [0.4, 0.5) is 0 Å². The third kappa shape index (κ3) is 3.21. The summed E-state index contributed by atoms with van der Waals surface area (Å²) in [4.78, 5) is 17.2. The average molecular weight is 294 g/mol. The van der Waals surface area contributed by atoms with E-state index >= 15 is 0 Å². The Balaban J connectivity index is 2.01. The summed E-state index contributed by atoms with van der Waals surface area (Å²) in [5, 5.41) is -0.251. The van der Waals surface area contributed by atoms with Crippen molar-refractivity contribution in [3.63, 3.8) is 0 Å². The topological polar surface area (TPSA) is 81.5 Å². The molecule has 100 valence electrons. The number of nitrogens with zero attached hydrogens (tertiary/aromatic N) is 3. The molecule has 1 aromatic heterocycles. The fourth-order valence-corrected chi connectivity index (χ4v) is 2.29. The van der Waals surface area contributed by atoms with Crippen molar-refractivity contribution < 1.29 is 17.9 Å². The van der Waals surface area contributed by atoms with Gasteiger partial charge >= 0.3 is 0 Å². The molecule has 1 aliphatic heterocycles. The van der Waals surface area contributed by atoms with Crippen LogP contribution in [0.1, 0.15) is 0 Å². The molecule has 0 aromatic carbocycles. The van der Waals surface area contributed by atoms with Crippen molar-refractivity contribution in [3.8, 4) is 0 Å². The first-order chi connectivity index (χ1) is 8.47. The molecule has 2 rings (SSSR count). The van der Waals surface area contributed by atoms with Gasteiger partial charge in [-0.2, -0.15) is 0 Å². The van der Waals surface area contributed by atoms with Gasteiger partial charge in [-0.05, 0) is 0 Å². The van der Waals surface area contributed by atoms with Crippen LogP contribution in [0, 0.1) is 0 Å². The van der Waals surface area contributed by atoms with Gasteiger partial charge in [0.25, 0.3) is 9.05 Å². The number of carbonyl (C=O) groups excluding carboxylic acids is 1. The molecule has 2 heterocycles. The van der Waals surface area contributed by atoms with E-state index in [2.05, 4.69) is 4.98 Å². The summed E-state index contributed by atoms with van der Waals surface area (Å²) in [5.41, 5.74) is 0. The summed E-state index contributed by atoms with van der Waals surface area (Å²) in [6.07, 6.45) is 2.51. The van der Waals surface area contributed by atoms with E-state index in [1.54, 1.807) is 4.90 Å². The van der Waals surface area contributed by atoms with E-state index in [0.717, 1.165) is 0 Å². The van der Waals surface area contributed by atoms with E-state index < -0.39 is 9.05 Å². The van der Waals surface area contributed by atoms with Crippen LogP contribution in [0.25, 0.3) is 0 Å².